The van der Waals surface area contributed by atoms with Gasteiger partial charge in [0.05, 0.1) is 0 Å². The van der Waals surface area contributed by atoms with Gasteiger partial charge in [0, 0.05) is 0 Å². The fourth-order valence-electron chi connectivity index (χ4n) is 2.48. The van der Waals surface area contributed by atoms with Crippen LogP contribution in [-0.4, -0.2) is 0 Å². The third kappa shape index (κ3) is 2.91. The van der Waals surface area contributed by atoms with Gasteiger partial charge < -0.3 is 0 Å². The highest BCUT2D eigenvalue weighted by Crippen LogP contribution is 2.25. The minimum Gasteiger partial charge on any atom is -0.0985 e. The van der Waals surface area contributed by atoms with Gasteiger partial charge in [-0.1, -0.05) is 98.1 Å². The molecule has 3 aromatic rings. The Kier molecular flexibility index (Phi) is 4.02. The van der Waals surface area contributed by atoms with Crippen LogP contribution >= 0.6 is 0 Å². The first kappa shape index (κ1) is 14.1. The molecule has 0 aliphatic carbocycles. The van der Waals surface area contributed by atoms with Gasteiger partial charge in [0.2, 0.25) is 0 Å². The monoisotopic (exact) mass is 282 g/mol. The van der Waals surface area contributed by atoms with Gasteiger partial charge in [-0.25, -0.2) is 0 Å². The molecule has 0 saturated carbocycles. The molecule has 0 aromatic heterocycles. The fraction of sp³-hybridized carbons (Fsp3) is 0. The average molecular weight is 282 g/mol. The van der Waals surface area contributed by atoms with Gasteiger partial charge in [-0.3, -0.25) is 0 Å². The van der Waals surface area contributed by atoms with Crippen molar-refractivity contribution in [3.05, 3.63) is 97.1 Å². The Hall–Kier alpha value is -2.86. The molecule has 0 N–H and O–H groups in total. The predicted octanol–water partition coefficient (Wildman–Crippen LogP) is 6.31. The lowest BCUT2D eigenvalue weighted by Crippen LogP contribution is -1.81. The van der Waals surface area contributed by atoms with E-state index in [-0.39, 0.29) is 0 Å². The fourth-order valence-corrected chi connectivity index (χ4v) is 2.48. The van der Waals surface area contributed by atoms with E-state index in [0.29, 0.717) is 0 Å². The SMILES string of the molecule is C=Cc1ccc(-c2ccc(-c3ccc(C=C)cc3)cc2)cc1. The van der Waals surface area contributed by atoms with Gasteiger partial charge in [-0.05, 0) is 33.4 Å². The minimum absolute atomic E-state index is 1.14. The molecular weight excluding hydrogens is 264 g/mol. The predicted molar refractivity (Wildman–Crippen MR) is 97.5 cm³/mol. The summed E-state index contributed by atoms with van der Waals surface area (Å²) in [5, 5.41) is 0. The molecule has 0 amide bonds. The highest BCUT2D eigenvalue weighted by atomic mass is 14.0. The molecule has 0 fully saturated rings. The topological polar surface area (TPSA) is 0 Å². The molecule has 3 rings (SSSR count). The standard InChI is InChI=1S/C22H18/c1-3-17-5-9-19(10-6-17)21-13-15-22(16-14-21)20-11-7-18(4-2)8-12-20/h3-16H,1-2H2. The van der Waals surface area contributed by atoms with Crippen molar-refractivity contribution in [1.29, 1.82) is 0 Å². The molecule has 0 radical (unpaired) electrons. The molecule has 0 atom stereocenters. The van der Waals surface area contributed by atoms with Gasteiger partial charge in [0.15, 0.2) is 0 Å². The first-order chi connectivity index (χ1) is 10.8. The first-order valence-electron chi connectivity index (χ1n) is 7.36. The van der Waals surface area contributed by atoms with E-state index >= 15 is 0 Å². The molecule has 0 aliphatic heterocycles. The van der Waals surface area contributed by atoms with Crippen molar-refractivity contribution in [3.63, 3.8) is 0 Å². The van der Waals surface area contributed by atoms with E-state index in [1.54, 1.807) is 0 Å². The highest BCUT2D eigenvalue weighted by molar-refractivity contribution is 5.71. The molecule has 3 aromatic carbocycles. The Bertz CT molecular complexity index is 702. The van der Waals surface area contributed by atoms with Crippen LogP contribution in [-0.2, 0) is 0 Å². The van der Waals surface area contributed by atoms with E-state index in [9.17, 15) is 0 Å². The molecule has 0 bridgehead atoms. The molecular formula is C22H18. The summed E-state index contributed by atoms with van der Waals surface area (Å²) < 4.78 is 0. The Morgan fingerprint density at radius 1 is 0.409 bits per heavy atom. The Balaban J connectivity index is 1.87. The molecule has 0 unspecified atom stereocenters. The van der Waals surface area contributed by atoms with Crippen molar-refractivity contribution in [2.45, 2.75) is 0 Å². The molecule has 0 heterocycles. The van der Waals surface area contributed by atoms with Crippen LogP contribution in [0.1, 0.15) is 11.1 Å². The summed E-state index contributed by atoms with van der Waals surface area (Å²) in [7, 11) is 0. The summed E-state index contributed by atoms with van der Waals surface area (Å²) in [6.45, 7) is 7.57. The number of rotatable bonds is 4. The van der Waals surface area contributed by atoms with E-state index in [1.165, 1.54) is 22.3 Å². The highest BCUT2D eigenvalue weighted by Gasteiger charge is 2.00. The van der Waals surface area contributed by atoms with Crippen molar-refractivity contribution in [2.24, 2.45) is 0 Å². The third-order valence-corrected chi connectivity index (χ3v) is 3.84. The van der Waals surface area contributed by atoms with Crippen molar-refractivity contribution >= 4 is 12.2 Å². The quantitative estimate of drug-likeness (QED) is 0.526. The lowest BCUT2D eigenvalue weighted by molar-refractivity contribution is 1.57. The third-order valence-electron chi connectivity index (χ3n) is 3.84. The van der Waals surface area contributed by atoms with Gasteiger partial charge in [-0.15, -0.1) is 0 Å². The first-order valence-corrected chi connectivity index (χ1v) is 7.36. The zero-order chi connectivity index (χ0) is 15.4. The lowest BCUT2D eigenvalue weighted by Gasteiger charge is -2.06. The van der Waals surface area contributed by atoms with Crippen LogP contribution in [0, 0.1) is 0 Å². The molecule has 0 aliphatic rings. The molecule has 106 valence electrons. The van der Waals surface area contributed by atoms with Crippen LogP contribution < -0.4 is 0 Å². The summed E-state index contributed by atoms with van der Waals surface area (Å²) in [6.07, 6.45) is 3.72. The van der Waals surface area contributed by atoms with E-state index in [2.05, 4.69) is 86.0 Å². The van der Waals surface area contributed by atoms with Crippen LogP contribution in [0.15, 0.2) is 86.0 Å². The van der Waals surface area contributed by atoms with Crippen molar-refractivity contribution < 1.29 is 0 Å². The van der Waals surface area contributed by atoms with E-state index in [4.69, 9.17) is 0 Å². The summed E-state index contributed by atoms with van der Waals surface area (Å²) in [5.74, 6) is 0. The van der Waals surface area contributed by atoms with Crippen LogP contribution in [0.5, 0.6) is 0 Å². The second-order valence-corrected chi connectivity index (χ2v) is 5.23. The summed E-state index contributed by atoms with van der Waals surface area (Å²) in [6, 6.07) is 25.5. The van der Waals surface area contributed by atoms with E-state index < -0.39 is 0 Å². The van der Waals surface area contributed by atoms with Crippen molar-refractivity contribution in [1.82, 2.24) is 0 Å². The molecule has 0 spiro atoms. The lowest BCUT2D eigenvalue weighted by atomic mass is 9.99. The van der Waals surface area contributed by atoms with Crippen molar-refractivity contribution in [3.8, 4) is 22.3 Å². The van der Waals surface area contributed by atoms with Gasteiger partial charge in [0.1, 0.15) is 0 Å². The molecule has 0 nitrogen and oxygen atoms in total. The van der Waals surface area contributed by atoms with Gasteiger partial charge in [0.25, 0.3) is 0 Å². The van der Waals surface area contributed by atoms with Crippen LogP contribution in [0.25, 0.3) is 34.4 Å². The maximum atomic E-state index is 3.78. The van der Waals surface area contributed by atoms with Crippen LogP contribution in [0.3, 0.4) is 0 Å². The number of hydrogen-bond donors (Lipinski definition) is 0. The maximum Gasteiger partial charge on any atom is -0.0184 e. The second-order valence-electron chi connectivity index (χ2n) is 5.23. The zero-order valence-corrected chi connectivity index (χ0v) is 12.5. The maximum absolute atomic E-state index is 3.78. The van der Waals surface area contributed by atoms with Crippen LogP contribution in [0.4, 0.5) is 0 Å². The van der Waals surface area contributed by atoms with Crippen molar-refractivity contribution in [2.75, 3.05) is 0 Å². The number of benzene rings is 3. The number of hydrogen-bond acceptors (Lipinski definition) is 0. The Morgan fingerprint density at radius 3 is 0.864 bits per heavy atom. The summed E-state index contributed by atoms with van der Waals surface area (Å²) in [5.41, 5.74) is 7.17. The Morgan fingerprint density at radius 2 is 0.636 bits per heavy atom. The second kappa shape index (κ2) is 6.28. The zero-order valence-electron chi connectivity index (χ0n) is 12.5. The summed E-state index contributed by atoms with van der Waals surface area (Å²) >= 11 is 0. The Labute approximate surface area is 132 Å². The molecule has 0 heteroatoms. The minimum atomic E-state index is 1.14. The van der Waals surface area contributed by atoms with E-state index in [1.807, 2.05) is 12.2 Å². The van der Waals surface area contributed by atoms with Gasteiger partial charge in [-0.2, -0.15) is 0 Å². The van der Waals surface area contributed by atoms with Gasteiger partial charge >= 0.3 is 0 Å². The molecule has 22 heavy (non-hydrogen) atoms. The smallest absolute Gasteiger partial charge is 0.0184 e. The summed E-state index contributed by atoms with van der Waals surface area (Å²) in [4.78, 5) is 0. The van der Waals surface area contributed by atoms with E-state index in [0.717, 1.165) is 11.1 Å². The average Bonchev–Trinajstić information content (AvgIpc) is 2.62. The molecule has 0 saturated heterocycles. The normalized spacial score (nSPS) is 10.2. The largest absolute Gasteiger partial charge is 0.0985 e. The van der Waals surface area contributed by atoms with Crippen LogP contribution in [0.2, 0.25) is 0 Å².